The van der Waals surface area contributed by atoms with Crippen molar-refractivity contribution in [3.05, 3.63) is 19.9 Å². The van der Waals surface area contributed by atoms with Gasteiger partial charge in [0.25, 0.3) is 5.91 Å². The van der Waals surface area contributed by atoms with Crippen LogP contribution < -0.4 is 5.32 Å². The lowest BCUT2D eigenvalue weighted by atomic mass is 10.0. The fourth-order valence-electron chi connectivity index (χ4n) is 1.37. The maximum absolute atomic E-state index is 11.7. The predicted octanol–water partition coefficient (Wildman–Crippen LogP) is 3.74. The second kappa shape index (κ2) is 7.50. The van der Waals surface area contributed by atoms with E-state index < -0.39 is 0 Å². The van der Waals surface area contributed by atoms with E-state index in [-0.39, 0.29) is 5.91 Å². The van der Waals surface area contributed by atoms with Gasteiger partial charge in [0.15, 0.2) is 0 Å². The molecule has 0 radical (unpaired) electrons. The molecule has 5 heteroatoms. The number of carbonyl (C=O) groups is 1. The van der Waals surface area contributed by atoms with Crippen molar-refractivity contribution in [3.63, 3.8) is 0 Å². The Morgan fingerprint density at radius 3 is 2.94 bits per heavy atom. The van der Waals surface area contributed by atoms with Crippen molar-refractivity contribution in [2.24, 2.45) is 5.92 Å². The van der Waals surface area contributed by atoms with Gasteiger partial charge in [0.05, 0.1) is 8.45 Å². The van der Waals surface area contributed by atoms with Crippen molar-refractivity contribution in [1.29, 1.82) is 0 Å². The van der Waals surface area contributed by atoms with Crippen LogP contribution in [0.4, 0.5) is 0 Å². The summed E-state index contributed by atoms with van der Waals surface area (Å²) >= 11 is 9.50. The van der Waals surface area contributed by atoms with Crippen LogP contribution in [-0.2, 0) is 0 Å². The monoisotopic (exact) mass is 371 g/mol. The first-order valence-corrected chi connectivity index (χ1v) is 7.74. The van der Waals surface area contributed by atoms with Crippen LogP contribution in [0.15, 0.2) is 11.4 Å². The van der Waals surface area contributed by atoms with Crippen LogP contribution in [0, 0.1) is 8.80 Å². The molecule has 0 aliphatic carbocycles. The molecule has 1 rings (SSSR count). The second-order valence-electron chi connectivity index (χ2n) is 3.60. The topological polar surface area (TPSA) is 29.1 Å². The molecule has 90 valence electrons. The molecule has 0 aliphatic heterocycles. The Hall–Kier alpha value is 0.190. The number of alkyl halides is 1. The first-order valence-electron chi connectivity index (χ1n) is 5.25. The Labute approximate surface area is 119 Å². The summed E-state index contributed by atoms with van der Waals surface area (Å²) in [5, 5.41) is 4.84. The molecule has 1 heterocycles. The summed E-state index contributed by atoms with van der Waals surface area (Å²) in [5.74, 6) is 1.16. The number of carbonyl (C=O) groups excluding carboxylic acids is 1. The Morgan fingerprint density at radius 2 is 2.44 bits per heavy atom. The number of amides is 1. The largest absolute Gasteiger partial charge is 0.352 e. The summed E-state index contributed by atoms with van der Waals surface area (Å²) in [6, 6.07) is 1.91. The molecule has 1 unspecified atom stereocenters. The molecule has 1 aromatic heterocycles. The standard InChI is InChI=1S/C11H15ClINOS/c1-2-8(3-4-12)6-14-11(15)9-5-10(13)16-7-9/h5,7-8H,2-4,6H2,1H3,(H,14,15). The first-order chi connectivity index (χ1) is 7.67. The Balaban J connectivity index is 2.40. The molecule has 0 bridgehead atoms. The fraction of sp³-hybridized carbons (Fsp3) is 0.545. The molecule has 0 saturated carbocycles. The minimum Gasteiger partial charge on any atom is -0.352 e. The number of hydrogen-bond acceptors (Lipinski definition) is 2. The molecule has 1 aromatic rings. The molecule has 1 atom stereocenters. The lowest BCUT2D eigenvalue weighted by Gasteiger charge is -2.13. The summed E-state index contributed by atoms with van der Waals surface area (Å²) < 4.78 is 1.13. The van der Waals surface area contributed by atoms with Gasteiger partial charge in [0.1, 0.15) is 0 Å². The highest BCUT2D eigenvalue weighted by atomic mass is 127. The Bertz CT molecular complexity index is 342. The minimum absolute atomic E-state index is 0.0205. The summed E-state index contributed by atoms with van der Waals surface area (Å²) in [6.45, 7) is 2.84. The SMILES string of the molecule is CCC(CCCl)CNC(=O)c1csc(I)c1. The van der Waals surface area contributed by atoms with E-state index in [4.69, 9.17) is 11.6 Å². The normalized spacial score (nSPS) is 12.4. The van der Waals surface area contributed by atoms with Gasteiger partial charge in [-0.2, -0.15) is 0 Å². The molecular formula is C11H15ClINOS. The van der Waals surface area contributed by atoms with E-state index in [1.165, 1.54) is 0 Å². The molecule has 0 spiro atoms. The summed E-state index contributed by atoms with van der Waals surface area (Å²) in [6.07, 6.45) is 2.01. The molecule has 1 N–H and O–H groups in total. The zero-order valence-electron chi connectivity index (χ0n) is 9.13. The Kier molecular flexibility index (Phi) is 6.68. The van der Waals surface area contributed by atoms with Crippen LogP contribution in [-0.4, -0.2) is 18.3 Å². The number of thiophene rings is 1. The summed E-state index contributed by atoms with van der Waals surface area (Å²) in [5.41, 5.74) is 0.759. The highest BCUT2D eigenvalue weighted by molar-refractivity contribution is 14.1. The van der Waals surface area contributed by atoms with Gasteiger partial charge in [0.2, 0.25) is 0 Å². The lowest BCUT2D eigenvalue weighted by Crippen LogP contribution is -2.29. The third kappa shape index (κ3) is 4.59. The highest BCUT2D eigenvalue weighted by Gasteiger charge is 2.10. The molecule has 2 nitrogen and oxygen atoms in total. The van der Waals surface area contributed by atoms with Crippen LogP contribution in [0.25, 0.3) is 0 Å². The van der Waals surface area contributed by atoms with E-state index in [9.17, 15) is 4.79 Å². The van der Waals surface area contributed by atoms with Crippen molar-refractivity contribution >= 4 is 51.4 Å². The lowest BCUT2D eigenvalue weighted by molar-refractivity contribution is 0.0947. The maximum atomic E-state index is 11.7. The van der Waals surface area contributed by atoms with Crippen LogP contribution >= 0.6 is 45.5 Å². The van der Waals surface area contributed by atoms with Crippen molar-refractivity contribution in [2.75, 3.05) is 12.4 Å². The van der Waals surface area contributed by atoms with Crippen molar-refractivity contribution in [1.82, 2.24) is 5.32 Å². The van der Waals surface area contributed by atoms with Gasteiger partial charge >= 0.3 is 0 Å². The number of nitrogens with one attached hydrogen (secondary N) is 1. The van der Waals surface area contributed by atoms with Crippen LogP contribution in [0.2, 0.25) is 0 Å². The van der Waals surface area contributed by atoms with Gasteiger partial charge in [0, 0.05) is 17.8 Å². The second-order valence-corrected chi connectivity index (χ2v) is 6.78. The molecule has 0 aromatic carbocycles. The molecule has 0 aliphatic rings. The van der Waals surface area contributed by atoms with Crippen LogP contribution in [0.5, 0.6) is 0 Å². The van der Waals surface area contributed by atoms with E-state index in [1.54, 1.807) is 11.3 Å². The molecule has 16 heavy (non-hydrogen) atoms. The minimum atomic E-state index is 0.0205. The van der Waals surface area contributed by atoms with E-state index >= 15 is 0 Å². The number of halogens is 2. The van der Waals surface area contributed by atoms with Gasteiger partial charge in [-0.3, -0.25) is 4.79 Å². The van der Waals surface area contributed by atoms with Gasteiger partial charge in [-0.05, 0) is 41.0 Å². The van der Waals surface area contributed by atoms with Crippen molar-refractivity contribution < 1.29 is 4.79 Å². The third-order valence-corrected chi connectivity index (χ3v) is 4.48. The molecule has 0 saturated heterocycles. The fourth-order valence-corrected chi connectivity index (χ4v) is 3.01. The van der Waals surface area contributed by atoms with Gasteiger partial charge in [-0.15, -0.1) is 22.9 Å². The van der Waals surface area contributed by atoms with E-state index in [0.29, 0.717) is 18.3 Å². The van der Waals surface area contributed by atoms with Gasteiger partial charge < -0.3 is 5.32 Å². The number of hydrogen-bond donors (Lipinski definition) is 1. The molecule has 1 amide bonds. The van der Waals surface area contributed by atoms with Crippen molar-refractivity contribution in [2.45, 2.75) is 19.8 Å². The van der Waals surface area contributed by atoms with Crippen molar-refractivity contribution in [3.8, 4) is 0 Å². The average molecular weight is 372 g/mol. The quantitative estimate of drug-likeness (QED) is 0.599. The summed E-state index contributed by atoms with van der Waals surface area (Å²) in [7, 11) is 0. The summed E-state index contributed by atoms with van der Waals surface area (Å²) in [4.78, 5) is 11.7. The molecule has 0 fully saturated rings. The zero-order chi connectivity index (χ0) is 12.0. The van der Waals surface area contributed by atoms with Crippen LogP contribution in [0.1, 0.15) is 30.1 Å². The zero-order valence-corrected chi connectivity index (χ0v) is 12.9. The number of rotatable bonds is 6. The van der Waals surface area contributed by atoms with E-state index in [2.05, 4.69) is 34.8 Å². The predicted molar refractivity (Wildman–Crippen MR) is 78.5 cm³/mol. The van der Waals surface area contributed by atoms with E-state index in [1.807, 2.05) is 11.4 Å². The molecular weight excluding hydrogens is 357 g/mol. The maximum Gasteiger partial charge on any atom is 0.252 e. The highest BCUT2D eigenvalue weighted by Crippen LogP contribution is 2.16. The Morgan fingerprint density at radius 1 is 1.69 bits per heavy atom. The first kappa shape index (κ1) is 14.3. The van der Waals surface area contributed by atoms with Crippen LogP contribution in [0.3, 0.4) is 0 Å². The smallest absolute Gasteiger partial charge is 0.252 e. The van der Waals surface area contributed by atoms with Gasteiger partial charge in [-0.1, -0.05) is 13.3 Å². The van der Waals surface area contributed by atoms with Gasteiger partial charge in [-0.25, -0.2) is 0 Å². The average Bonchev–Trinajstić information content (AvgIpc) is 2.70. The third-order valence-electron chi connectivity index (χ3n) is 2.48. The van der Waals surface area contributed by atoms with E-state index in [0.717, 1.165) is 21.3 Å².